The zero-order valence-corrected chi connectivity index (χ0v) is 15.5. The van der Waals surface area contributed by atoms with Gasteiger partial charge in [0.15, 0.2) is 11.5 Å². The summed E-state index contributed by atoms with van der Waals surface area (Å²) in [5.41, 5.74) is 3.68. The van der Waals surface area contributed by atoms with Crippen LogP contribution in [0.25, 0.3) is 0 Å². The molecule has 1 atom stereocenters. The lowest BCUT2D eigenvalue weighted by Crippen LogP contribution is -2.27. The quantitative estimate of drug-likeness (QED) is 0.858. The molecular weight excluding hydrogens is 338 g/mol. The van der Waals surface area contributed by atoms with Gasteiger partial charge in [-0.1, -0.05) is 18.2 Å². The van der Waals surface area contributed by atoms with Gasteiger partial charge in [0.2, 0.25) is 10.0 Å². The van der Waals surface area contributed by atoms with Crippen LogP contribution in [0.1, 0.15) is 36.1 Å². The number of benzene rings is 2. The molecule has 0 saturated heterocycles. The highest BCUT2D eigenvalue weighted by Crippen LogP contribution is 2.30. The van der Waals surface area contributed by atoms with Crippen LogP contribution in [-0.2, 0) is 22.9 Å². The third kappa shape index (κ3) is 3.65. The third-order valence-corrected chi connectivity index (χ3v) is 6.16. The monoisotopic (exact) mass is 361 g/mol. The number of methoxy groups -OCH3 is 2. The van der Waals surface area contributed by atoms with E-state index in [9.17, 15) is 8.42 Å². The summed E-state index contributed by atoms with van der Waals surface area (Å²) in [5, 5.41) is 0. The molecule has 0 spiro atoms. The number of nitrogens with one attached hydrogen (secondary N) is 1. The predicted octanol–water partition coefficient (Wildman–Crippen LogP) is 3.23. The normalized spacial score (nSPS) is 14.8. The summed E-state index contributed by atoms with van der Waals surface area (Å²) in [6, 6.07) is 10.5. The molecule has 1 aliphatic carbocycles. The molecule has 0 heterocycles. The summed E-state index contributed by atoms with van der Waals surface area (Å²) in [5.74, 6) is 0.878. The average molecular weight is 361 g/mol. The van der Waals surface area contributed by atoms with Gasteiger partial charge < -0.3 is 9.47 Å². The van der Waals surface area contributed by atoms with Crippen LogP contribution < -0.4 is 14.2 Å². The third-order valence-electron chi connectivity index (χ3n) is 4.62. The van der Waals surface area contributed by atoms with E-state index >= 15 is 0 Å². The van der Waals surface area contributed by atoms with Gasteiger partial charge in [0, 0.05) is 12.1 Å². The Morgan fingerprint density at radius 3 is 2.40 bits per heavy atom. The molecule has 25 heavy (non-hydrogen) atoms. The van der Waals surface area contributed by atoms with E-state index in [4.69, 9.17) is 9.47 Å². The molecule has 3 rings (SSSR count). The van der Waals surface area contributed by atoms with Gasteiger partial charge in [0.1, 0.15) is 0 Å². The van der Waals surface area contributed by atoms with Crippen molar-refractivity contribution in [3.8, 4) is 11.5 Å². The molecule has 0 aromatic heterocycles. The lowest BCUT2D eigenvalue weighted by Gasteiger charge is -2.17. The maximum Gasteiger partial charge on any atom is 0.241 e. The number of fused-ring (bicyclic) bond motifs is 1. The SMILES string of the molecule is COc1ccc(S(=O)(=O)N[C@@H](C)c2ccc3c(c2)CCC3)cc1OC. The van der Waals surface area contributed by atoms with Crippen LogP contribution in [-0.4, -0.2) is 22.6 Å². The van der Waals surface area contributed by atoms with E-state index in [2.05, 4.69) is 16.9 Å². The molecule has 0 bridgehead atoms. The predicted molar refractivity (Wildman–Crippen MR) is 96.7 cm³/mol. The van der Waals surface area contributed by atoms with Crippen LogP contribution in [0, 0.1) is 0 Å². The van der Waals surface area contributed by atoms with Crippen molar-refractivity contribution in [2.24, 2.45) is 0 Å². The first-order valence-electron chi connectivity index (χ1n) is 8.30. The minimum atomic E-state index is -3.66. The summed E-state index contributed by atoms with van der Waals surface area (Å²) in [4.78, 5) is 0.151. The molecule has 134 valence electrons. The van der Waals surface area contributed by atoms with E-state index in [1.807, 2.05) is 13.0 Å². The largest absolute Gasteiger partial charge is 0.493 e. The van der Waals surface area contributed by atoms with Crippen molar-refractivity contribution in [3.05, 3.63) is 53.1 Å². The van der Waals surface area contributed by atoms with Crippen LogP contribution in [0.3, 0.4) is 0 Å². The molecule has 2 aromatic carbocycles. The van der Waals surface area contributed by atoms with Gasteiger partial charge in [-0.3, -0.25) is 0 Å². The molecule has 0 radical (unpaired) electrons. The second kappa shape index (κ2) is 7.06. The second-order valence-electron chi connectivity index (χ2n) is 6.24. The molecule has 0 saturated carbocycles. The molecule has 0 fully saturated rings. The maximum atomic E-state index is 12.7. The van der Waals surface area contributed by atoms with E-state index in [1.165, 1.54) is 43.9 Å². The fraction of sp³-hybridized carbons (Fsp3) is 0.368. The molecule has 0 unspecified atom stereocenters. The molecular formula is C19H23NO4S. The lowest BCUT2D eigenvalue weighted by atomic mass is 10.0. The molecule has 2 aromatic rings. The molecule has 0 amide bonds. The summed E-state index contributed by atoms with van der Waals surface area (Å²) in [7, 11) is -0.670. The Labute approximate surface area is 149 Å². The minimum Gasteiger partial charge on any atom is -0.493 e. The Bertz CT molecular complexity index is 877. The first kappa shape index (κ1) is 17.8. The number of aryl methyl sites for hydroxylation is 2. The molecule has 0 aliphatic heterocycles. The highest BCUT2D eigenvalue weighted by molar-refractivity contribution is 7.89. The molecule has 6 heteroatoms. The summed E-state index contributed by atoms with van der Waals surface area (Å²) >= 11 is 0. The fourth-order valence-corrected chi connectivity index (χ4v) is 4.46. The number of ether oxygens (including phenoxy) is 2. The van der Waals surface area contributed by atoms with Crippen molar-refractivity contribution in [3.63, 3.8) is 0 Å². The van der Waals surface area contributed by atoms with Crippen molar-refractivity contribution in [1.29, 1.82) is 0 Å². The fourth-order valence-electron chi connectivity index (χ4n) is 3.21. The first-order chi connectivity index (χ1) is 11.9. The molecule has 5 nitrogen and oxygen atoms in total. The standard InChI is InChI=1S/C19H23NO4S/c1-13(15-8-7-14-5-4-6-16(14)11-15)20-25(21,22)17-9-10-18(23-2)19(12-17)24-3/h7-13,20H,4-6H2,1-3H3/t13-/m0/s1. The Morgan fingerprint density at radius 1 is 0.960 bits per heavy atom. The number of sulfonamides is 1. The van der Waals surface area contributed by atoms with Crippen molar-refractivity contribution >= 4 is 10.0 Å². The van der Waals surface area contributed by atoms with Gasteiger partial charge in [0.05, 0.1) is 19.1 Å². The number of rotatable bonds is 6. The van der Waals surface area contributed by atoms with Gasteiger partial charge >= 0.3 is 0 Å². The first-order valence-corrected chi connectivity index (χ1v) is 9.79. The van der Waals surface area contributed by atoms with E-state index in [0.717, 1.165) is 18.4 Å². The van der Waals surface area contributed by atoms with Crippen LogP contribution in [0.4, 0.5) is 0 Å². The summed E-state index contributed by atoms with van der Waals surface area (Å²) in [6.45, 7) is 1.86. The highest BCUT2D eigenvalue weighted by atomic mass is 32.2. The van der Waals surface area contributed by atoms with Crippen LogP contribution in [0.2, 0.25) is 0 Å². The van der Waals surface area contributed by atoms with Crippen molar-refractivity contribution in [2.75, 3.05) is 14.2 Å². The maximum absolute atomic E-state index is 12.7. The van der Waals surface area contributed by atoms with Crippen LogP contribution in [0.5, 0.6) is 11.5 Å². The molecule has 1 aliphatic rings. The van der Waals surface area contributed by atoms with Gasteiger partial charge in [-0.05, 0) is 55.0 Å². The van der Waals surface area contributed by atoms with Crippen molar-refractivity contribution in [1.82, 2.24) is 4.72 Å². The average Bonchev–Trinajstić information content (AvgIpc) is 3.08. The second-order valence-corrected chi connectivity index (χ2v) is 7.96. The van der Waals surface area contributed by atoms with Gasteiger partial charge in [-0.25, -0.2) is 13.1 Å². The Balaban J connectivity index is 1.83. The van der Waals surface area contributed by atoms with E-state index in [0.29, 0.717) is 11.5 Å². The zero-order chi connectivity index (χ0) is 18.0. The Kier molecular flexibility index (Phi) is 5.01. The zero-order valence-electron chi connectivity index (χ0n) is 14.7. The minimum absolute atomic E-state index is 0.151. The van der Waals surface area contributed by atoms with E-state index in [1.54, 1.807) is 6.07 Å². The van der Waals surface area contributed by atoms with Gasteiger partial charge in [-0.15, -0.1) is 0 Å². The van der Waals surface area contributed by atoms with Gasteiger partial charge in [0.25, 0.3) is 0 Å². The summed E-state index contributed by atoms with van der Waals surface area (Å²) < 4.78 is 38.5. The smallest absolute Gasteiger partial charge is 0.241 e. The highest BCUT2D eigenvalue weighted by Gasteiger charge is 2.21. The Hall–Kier alpha value is -2.05. The number of hydrogen-bond donors (Lipinski definition) is 1. The Morgan fingerprint density at radius 2 is 1.68 bits per heavy atom. The number of hydrogen-bond acceptors (Lipinski definition) is 4. The topological polar surface area (TPSA) is 64.6 Å². The molecule has 1 N–H and O–H groups in total. The summed E-state index contributed by atoms with van der Waals surface area (Å²) in [6.07, 6.45) is 3.35. The van der Waals surface area contributed by atoms with Crippen LogP contribution in [0.15, 0.2) is 41.3 Å². The van der Waals surface area contributed by atoms with Crippen LogP contribution >= 0.6 is 0 Å². The van der Waals surface area contributed by atoms with E-state index < -0.39 is 10.0 Å². The van der Waals surface area contributed by atoms with E-state index in [-0.39, 0.29) is 10.9 Å². The lowest BCUT2D eigenvalue weighted by molar-refractivity contribution is 0.354. The van der Waals surface area contributed by atoms with Crippen molar-refractivity contribution < 1.29 is 17.9 Å². The van der Waals surface area contributed by atoms with Gasteiger partial charge in [-0.2, -0.15) is 0 Å². The van der Waals surface area contributed by atoms with Crippen molar-refractivity contribution in [2.45, 2.75) is 37.1 Å².